The summed E-state index contributed by atoms with van der Waals surface area (Å²) in [6.07, 6.45) is 8.86. The van der Waals surface area contributed by atoms with Gasteiger partial charge in [0.05, 0.1) is 5.92 Å². The fraction of sp³-hybridized carbons (Fsp3) is 0.385. The van der Waals surface area contributed by atoms with Crippen LogP contribution in [0.2, 0.25) is 0 Å². The molecule has 2 rings (SSSR count). The Morgan fingerprint density at radius 1 is 1.41 bits per heavy atom. The van der Waals surface area contributed by atoms with E-state index in [1.807, 2.05) is 24.3 Å². The number of hydrogen-bond acceptors (Lipinski definition) is 3. The average molecular weight is 231 g/mol. The number of amides is 1. The SMILES string of the molecule is NC1C=CC(C(=O)NCCc2ccncc2)C1. The second-order valence-corrected chi connectivity index (χ2v) is 4.29. The lowest BCUT2D eigenvalue weighted by molar-refractivity contribution is -0.123. The molecule has 90 valence electrons. The van der Waals surface area contributed by atoms with Crippen molar-refractivity contribution in [3.05, 3.63) is 42.2 Å². The molecule has 0 aliphatic heterocycles. The van der Waals surface area contributed by atoms with Crippen molar-refractivity contribution in [1.29, 1.82) is 0 Å². The van der Waals surface area contributed by atoms with E-state index in [0.717, 1.165) is 12.8 Å². The second kappa shape index (κ2) is 5.59. The van der Waals surface area contributed by atoms with Crippen LogP contribution in [0.4, 0.5) is 0 Å². The van der Waals surface area contributed by atoms with Gasteiger partial charge in [-0.05, 0) is 30.5 Å². The van der Waals surface area contributed by atoms with E-state index in [4.69, 9.17) is 5.73 Å². The highest BCUT2D eigenvalue weighted by Crippen LogP contribution is 2.16. The monoisotopic (exact) mass is 231 g/mol. The van der Waals surface area contributed by atoms with Crippen molar-refractivity contribution in [2.75, 3.05) is 6.54 Å². The molecule has 1 aromatic rings. The zero-order chi connectivity index (χ0) is 12.1. The van der Waals surface area contributed by atoms with Crippen LogP contribution in [0.15, 0.2) is 36.7 Å². The summed E-state index contributed by atoms with van der Waals surface area (Å²) in [5.41, 5.74) is 6.89. The quantitative estimate of drug-likeness (QED) is 0.747. The Labute approximate surface area is 101 Å². The van der Waals surface area contributed by atoms with Crippen LogP contribution in [0.25, 0.3) is 0 Å². The van der Waals surface area contributed by atoms with Crippen molar-refractivity contribution in [2.45, 2.75) is 18.9 Å². The van der Waals surface area contributed by atoms with Crippen LogP contribution < -0.4 is 11.1 Å². The van der Waals surface area contributed by atoms with Gasteiger partial charge in [0.2, 0.25) is 5.91 Å². The molecule has 1 amide bonds. The first kappa shape index (κ1) is 11.8. The number of hydrogen-bond donors (Lipinski definition) is 2. The zero-order valence-electron chi connectivity index (χ0n) is 9.67. The maximum atomic E-state index is 11.8. The Balaban J connectivity index is 1.72. The minimum absolute atomic E-state index is 0.0333. The van der Waals surface area contributed by atoms with E-state index in [1.54, 1.807) is 12.4 Å². The smallest absolute Gasteiger partial charge is 0.227 e. The number of rotatable bonds is 4. The van der Waals surface area contributed by atoms with Crippen molar-refractivity contribution >= 4 is 5.91 Å². The maximum absolute atomic E-state index is 11.8. The number of carbonyl (C=O) groups excluding carboxylic acids is 1. The molecule has 4 nitrogen and oxygen atoms in total. The normalized spacial score (nSPS) is 22.6. The van der Waals surface area contributed by atoms with Gasteiger partial charge in [-0.25, -0.2) is 0 Å². The minimum atomic E-state index is -0.0533. The van der Waals surface area contributed by atoms with Crippen molar-refractivity contribution in [2.24, 2.45) is 11.7 Å². The average Bonchev–Trinajstić information content (AvgIpc) is 2.77. The van der Waals surface area contributed by atoms with Gasteiger partial charge in [0, 0.05) is 25.0 Å². The first-order chi connectivity index (χ1) is 8.25. The summed E-state index contributed by atoms with van der Waals surface area (Å²) in [5, 5.41) is 2.93. The van der Waals surface area contributed by atoms with E-state index in [0.29, 0.717) is 6.54 Å². The van der Waals surface area contributed by atoms with Gasteiger partial charge in [-0.15, -0.1) is 0 Å². The van der Waals surface area contributed by atoms with Gasteiger partial charge in [0.1, 0.15) is 0 Å². The lowest BCUT2D eigenvalue weighted by Gasteiger charge is -2.10. The number of pyridine rings is 1. The van der Waals surface area contributed by atoms with E-state index in [9.17, 15) is 4.79 Å². The third-order valence-corrected chi connectivity index (χ3v) is 2.92. The van der Waals surface area contributed by atoms with E-state index in [1.165, 1.54) is 5.56 Å². The fourth-order valence-electron chi connectivity index (χ4n) is 1.93. The van der Waals surface area contributed by atoms with Crippen molar-refractivity contribution in [3.63, 3.8) is 0 Å². The molecule has 0 aromatic carbocycles. The first-order valence-electron chi connectivity index (χ1n) is 5.86. The first-order valence-corrected chi connectivity index (χ1v) is 5.86. The van der Waals surface area contributed by atoms with Gasteiger partial charge in [-0.2, -0.15) is 0 Å². The molecule has 0 bridgehead atoms. The summed E-state index contributed by atoms with van der Waals surface area (Å²) in [6.45, 7) is 0.655. The largest absolute Gasteiger partial charge is 0.355 e. The lowest BCUT2D eigenvalue weighted by Crippen LogP contribution is -2.32. The van der Waals surface area contributed by atoms with Gasteiger partial charge in [0.15, 0.2) is 0 Å². The van der Waals surface area contributed by atoms with Crippen molar-refractivity contribution < 1.29 is 4.79 Å². The van der Waals surface area contributed by atoms with Gasteiger partial charge >= 0.3 is 0 Å². The molecule has 4 heteroatoms. The molecule has 1 heterocycles. The molecule has 17 heavy (non-hydrogen) atoms. The van der Waals surface area contributed by atoms with Crippen LogP contribution in [0.5, 0.6) is 0 Å². The van der Waals surface area contributed by atoms with Crippen LogP contribution in [-0.4, -0.2) is 23.5 Å². The summed E-state index contributed by atoms with van der Waals surface area (Å²) in [5.74, 6) is 0.0192. The fourth-order valence-corrected chi connectivity index (χ4v) is 1.93. The van der Waals surface area contributed by atoms with Gasteiger partial charge in [0.25, 0.3) is 0 Å². The molecule has 1 aromatic heterocycles. The molecular weight excluding hydrogens is 214 g/mol. The van der Waals surface area contributed by atoms with E-state index >= 15 is 0 Å². The highest BCUT2D eigenvalue weighted by molar-refractivity contribution is 5.81. The van der Waals surface area contributed by atoms with E-state index < -0.39 is 0 Å². The summed E-state index contributed by atoms with van der Waals surface area (Å²) >= 11 is 0. The predicted octanol–water partition coefficient (Wildman–Crippen LogP) is 0.644. The summed E-state index contributed by atoms with van der Waals surface area (Å²) in [6, 6.07) is 3.95. The third-order valence-electron chi connectivity index (χ3n) is 2.92. The highest BCUT2D eigenvalue weighted by atomic mass is 16.1. The lowest BCUT2D eigenvalue weighted by atomic mass is 10.1. The van der Waals surface area contributed by atoms with Crippen LogP contribution in [0.1, 0.15) is 12.0 Å². The van der Waals surface area contributed by atoms with Crippen LogP contribution in [-0.2, 0) is 11.2 Å². The van der Waals surface area contributed by atoms with E-state index in [2.05, 4.69) is 10.3 Å². The summed E-state index contributed by atoms with van der Waals surface area (Å²) < 4.78 is 0. The van der Waals surface area contributed by atoms with Gasteiger partial charge in [-0.1, -0.05) is 12.2 Å². The standard InChI is InChI=1S/C13H17N3O/c14-12-2-1-11(9-12)13(17)16-8-5-10-3-6-15-7-4-10/h1-4,6-7,11-12H,5,8-9,14H2,(H,16,17). The van der Waals surface area contributed by atoms with Crippen molar-refractivity contribution in [3.8, 4) is 0 Å². The number of carbonyl (C=O) groups is 1. The van der Waals surface area contributed by atoms with E-state index in [-0.39, 0.29) is 17.9 Å². The van der Waals surface area contributed by atoms with Crippen molar-refractivity contribution in [1.82, 2.24) is 10.3 Å². The molecule has 0 radical (unpaired) electrons. The van der Waals surface area contributed by atoms with Crippen LogP contribution in [0.3, 0.4) is 0 Å². The second-order valence-electron chi connectivity index (χ2n) is 4.29. The Morgan fingerprint density at radius 3 is 2.82 bits per heavy atom. The minimum Gasteiger partial charge on any atom is -0.355 e. The molecule has 1 aliphatic carbocycles. The Kier molecular flexibility index (Phi) is 3.88. The molecular formula is C13H17N3O. The van der Waals surface area contributed by atoms with Gasteiger partial charge < -0.3 is 11.1 Å². The molecule has 3 N–H and O–H groups in total. The molecule has 2 atom stereocenters. The molecule has 0 saturated carbocycles. The van der Waals surface area contributed by atoms with Crippen LogP contribution in [0, 0.1) is 5.92 Å². The Morgan fingerprint density at radius 2 is 2.18 bits per heavy atom. The molecule has 0 spiro atoms. The van der Waals surface area contributed by atoms with Crippen LogP contribution >= 0.6 is 0 Å². The molecule has 2 unspecified atom stereocenters. The predicted molar refractivity (Wildman–Crippen MR) is 66.2 cm³/mol. The zero-order valence-corrected chi connectivity index (χ0v) is 9.67. The molecule has 0 saturated heterocycles. The number of aromatic nitrogens is 1. The Hall–Kier alpha value is -1.68. The summed E-state index contributed by atoms with van der Waals surface area (Å²) in [7, 11) is 0. The maximum Gasteiger partial charge on any atom is 0.227 e. The summed E-state index contributed by atoms with van der Waals surface area (Å²) in [4.78, 5) is 15.7. The van der Waals surface area contributed by atoms with Gasteiger partial charge in [-0.3, -0.25) is 9.78 Å². The Bertz CT molecular complexity index is 402. The third kappa shape index (κ3) is 3.39. The molecule has 1 aliphatic rings. The topological polar surface area (TPSA) is 68.0 Å². The molecule has 0 fully saturated rings. The highest BCUT2D eigenvalue weighted by Gasteiger charge is 2.21. The number of nitrogens with one attached hydrogen (secondary N) is 1. The number of nitrogens with two attached hydrogens (primary N) is 1. The number of nitrogens with zero attached hydrogens (tertiary/aromatic N) is 1.